The van der Waals surface area contributed by atoms with E-state index in [1.165, 1.54) is 0 Å². The van der Waals surface area contributed by atoms with Crippen molar-refractivity contribution >= 4 is 0 Å². The van der Waals surface area contributed by atoms with Crippen LogP contribution in [0.15, 0.2) is 24.3 Å². The molecule has 0 amide bonds. The zero-order valence-electron chi connectivity index (χ0n) is 9.63. The van der Waals surface area contributed by atoms with E-state index >= 15 is 0 Å². The number of halogens is 2. The maximum Gasteiger partial charge on any atom is 0.252 e. The first-order valence-electron chi connectivity index (χ1n) is 5.60. The van der Waals surface area contributed by atoms with Crippen molar-refractivity contribution in [3.8, 4) is 0 Å². The summed E-state index contributed by atoms with van der Waals surface area (Å²) in [7, 11) is 0. The van der Waals surface area contributed by atoms with Gasteiger partial charge in [0.25, 0.3) is 5.92 Å². The normalized spacial score (nSPS) is 21.9. The maximum atomic E-state index is 13.0. The number of nitrogens with two attached hydrogens (primary N) is 1. The van der Waals surface area contributed by atoms with Gasteiger partial charge in [-0.2, -0.15) is 0 Å². The van der Waals surface area contributed by atoms with E-state index in [1.807, 2.05) is 24.3 Å². The lowest BCUT2D eigenvalue weighted by molar-refractivity contribution is -0.125. The molecule has 0 unspecified atom stereocenters. The van der Waals surface area contributed by atoms with Gasteiger partial charge in [0.1, 0.15) is 0 Å². The van der Waals surface area contributed by atoms with Crippen molar-refractivity contribution in [3.05, 3.63) is 35.4 Å². The van der Waals surface area contributed by atoms with E-state index in [9.17, 15) is 8.78 Å². The van der Waals surface area contributed by atoms with Crippen molar-refractivity contribution in [1.82, 2.24) is 0 Å². The fourth-order valence-electron chi connectivity index (χ4n) is 2.52. The zero-order chi connectivity index (χ0) is 12.0. The Morgan fingerprint density at radius 3 is 2.25 bits per heavy atom. The highest BCUT2D eigenvalue weighted by atomic mass is 19.3. The summed E-state index contributed by atoms with van der Waals surface area (Å²) in [5.74, 6) is -2.27. The molecule has 0 atom stereocenters. The van der Waals surface area contributed by atoms with Crippen LogP contribution in [0, 0.1) is 0 Å². The minimum Gasteiger partial charge on any atom is -0.321 e. The third-order valence-corrected chi connectivity index (χ3v) is 3.27. The zero-order valence-corrected chi connectivity index (χ0v) is 9.63. The van der Waals surface area contributed by atoms with Crippen molar-refractivity contribution < 1.29 is 8.78 Å². The maximum absolute atomic E-state index is 13.0. The molecular weight excluding hydrogens is 208 g/mol. The van der Waals surface area contributed by atoms with Crippen LogP contribution >= 0.6 is 0 Å². The quantitative estimate of drug-likeness (QED) is 0.820. The monoisotopic (exact) mass is 225 g/mol. The van der Waals surface area contributed by atoms with Crippen molar-refractivity contribution in [2.24, 2.45) is 5.73 Å². The summed E-state index contributed by atoms with van der Waals surface area (Å²) in [6.45, 7) is 4.11. The lowest BCUT2D eigenvalue weighted by atomic mass is 9.67. The van der Waals surface area contributed by atoms with Gasteiger partial charge in [-0.05, 0) is 17.0 Å². The molecule has 3 heteroatoms. The van der Waals surface area contributed by atoms with Crippen LogP contribution < -0.4 is 5.73 Å². The number of hydrogen-bond donors (Lipinski definition) is 1. The van der Waals surface area contributed by atoms with Gasteiger partial charge in [-0.15, -0.1) is 0 Å². The second kappa shape index (κ2) is 3.52. The highest BCUT2D eigenvalue weighted by Crippen LogP contribution is 2.51. The molecule has 0 bridgehead atoms. The summed E-state index contributed by atoms with van der Waals surface area (Å²) in [5, 5.41) is 0. The smallest absolute Gasteiger partial charge is 0.252 e. The summed E-state index contributed by atoms with van der Waals surface area (Å²) in [4.78, 5) is 0. The fraction of sp³-hybridized carbons (Fsp3) is 0.538. The van der Waals surface area contributed by atoms with Gasteiger partial charge < -0.3 is 5.73 Å². The van der Waals surface area contributed by atoms with E-state index in [2.05, 4.69) is 13.8 Å². The fourth-order valence-corrected chi connectivity index (χ4v) is 2.52. The van der Waals surface area contributed by atoms with E-state index < -0.39 is 11.5 Å². The van der Waals surface area contributed by atoms with Gasteiger partial charge in [-0.1, -0.05) is 38.1 Å². The van der Waals surface area contributed by atoms with Crippen LogP contribution in [0.5, 0.6) is 0 Å². The van der Waals surface area contributed by atoms with Crippen LogP contribution in [-0.2, 0) is 5.54 Å². The summed E-state index contributed by atoms with van der Waals surface area (Å²) in [6.07, 6.45) is -0.465. The van der Waals surface area contributed by atoms with E-state index in [0.717, 1.165) is 11.1 Å². The molecule has 0 radical (unpaired) electrons. The molecule has 0 aliphatic heterocycles. The van der Waals surface area contributed by atoms with Crippen molar-refractivity contribution in [1.29, 1.82) is 0 Å². The molecule has 0 spiro atoms. The Hall–Kier alpha value is -0.960. The minimum atomic E-state index is -2.58. The number of rotatable bonds is 2. The molecule has 1 aliphatic carbocycles. The summed E-state index contributed by atoms with van der Waals surface area (Å²) in [6, 6.07) is 7.65. The third-order valence-electron chi connectivity index (χ3n) is 3.27. The van der Waals surface area contributed by atoms with Crippen LogP contribution in [0.2, 0.25) is 0 Å². The molecule has 16 heavy (non-hydrogen) atoms. The third kappa shape index (κ3) is 1.84. The number of benzene rings is 1. The predicted molar refractivity (Wildman–Crippen MR) is 60.6 cm³/mol. The van der Waals surface area contributed by atoms with Gasteiger partial charge in [0.2, 0.25) is 0 Å². The lowest BCUT2D eigenvalue weighted by Gasteiger charge is -2.46. The summed E-state index contributed by atoms with van der Waals surface area (Å²) < 4.78 is 25.9. The van der Waals surface area contributed by atoms with Gasteiger partial charge in [0.15, 0.2) is 0 Å². The molecule has 0 heterocycles. The first-order chi connectivity index (χ1) is 7.34. The molecule has 1 saturated carbocycles. The minimum absolute atomic E-state index is 0.232. The first kappa shape index (κ1) is 11.5. The van der Waals surface area contributed by atoms with E-state index in [0.29, 0.717) is 5.92 Å². The Kier molecular flexibility index (Phi) is 2.54. The van der Waals surface area contributed by atoms with Crippen molar-refractivity contribution in [2.75, 3.05) is 0 Å². The second-order valence-corrected chi connectivity index (χ2v) is 5.11. The number of alkyl halides is 2. The lowest BCUT2D eigenvalue weighted by Crippen LogP contribution is -2.55. The highest BCUT2D eigenvalue weighted by Gasteiger charge is 2.55. The van der Waals surface area contributed by atoms with Gasteiger partial charge in [-0.3, -0.25) is 0 Å². The molecule has 1 aliphatic rings. The molecule has 1 fully saturated rings. The topological polar surface area (TPSA) is 26.0 Å². The Morgan fingerprint density at radius 2 is 1.75 bits per heavy atom. The van der Waals surface area contributed by atoms with Gasteiger partial charge in [-0.25, -0.2) is 8.78 Å². The highest BCUT2D eigenvalue weighted by molar-refractivity contribution is 5.38. The molecule has 2 N–H and O–H groups in total. The SMILES string of the molecule is CC(C)c1ccccc1C1(N)CC(F)(F)C1. The molecule has 1 aromatic carbocycles. The average molecular weight is 225 g/mol. The Morgan fingerprint density at radius 1 is 1.19 bits per heavy atom. The molecule has 1 nitrogen and oxygen atoms in total. The summed E-state index contributed by atoms with van der Waals surface area (Å²) in [5.41, 5.74) is 7.20. The largest absolute Gasteiger partial charge is 0.321 e. The Bertz CT molecular complexity index is 391. The first-order valence-corrected chi connectivity index (χ1v) is 5.60. The standard InChI is InChI=1S/C13H17F2N/c1-9(2)10-5-3-4-6-11(10)12(16)7-13(14,15)8-12/h3-6,9H,7-8,16H2,1-2H3. The second-order valence-electron chi connectivity index (χ2n) is 5.11. The predicted octanol–water partition coefficient (Wildman–Crippen LogP) is 3.39. The van der Waals surface area contributed by atoms with E-state index in [-0.39, 0.29) is 12.8 Å². The molecule has 1 aromatic rings. The van der Waals surface area contributed by atoms with Gasteiger partial charge in [0.05, 0.1) is 5.54 Å². The number of hydrogen-bond acceptors (Lipinski definition) is 1. The van der Waals surface area contributed by atoms with Crippen molar-refractivity contribution in [3.63, 3.8) is 0 Å². The molecule has 2 rings (SSSR count). The molecule has 0 saturated heterocycles. The molecular formula is C13H17F2N. The average Bonchev–Trinajstić information content (AvgIpc) is 2.14. The Labute approximate surface area is 94.7 Å². The van der Waals surface area contributed by atoms with Gasteiger partial charge >= 0.3 is 0 Å². The van der Waals surface area contributed by atoms with Crippen LogP contribution in [0.4, 0.5) is 8.78 Å². The van der Waals surface area contributed by atoms with Crippen LogP contribution in [0.3, 0.4) is 0 Å². The van der Waals surface area contributed by atoms with Crippen LogP contribution in [0.1, 0.15) is 43.7 Å². The van der Waals surface area contributed by atoms with Crippen LogP contribution in [-0.4, -0.2) is 5.92 Å². The molecule has 0 aromatic heterocycles. The summed E-state index contributed by atoms with van der Waals surface area (Å²) >= 11 is 0. The van der Waals surface area contributed by atoms with Crippen molar-refractivity contribution in [2.45, 2.75) is 44.1 Å². The van der Waals surface area contributed by atoms with E-state index in [1.54, 1.807) is 0 Å². The van der Waals surface area contributed by atoms with E-state index in [4.69, 9.17) is 5.73 Å². The molecule has 88 valence electrons. The van der Waals surface area contributed by atoms with Crippen LogP contribution in [0.25, 0.3) is 0 Å². The Balaban J connectivity index is 2.35. The van der Waals surface area contributed by atoms with Gasteiger partial charge in [0, 0.05) is 12.8 Å².